The number of nitriles is 1. The van der Waals surface area contributed by atoms with Gasteiger partial charge in [0, 0.05) is 44.9 Å². The number of piperazine rings is 1. The molecule has 188 valence electrons. The third kappa shape index (κ3) is 5.19. The van der Waals surface area contributed by atoms with E-state index in [0.717, 1.165) is 70.0 Å². The minimum absolute atomic E-state index is 0.0145. The minimum Gasteiger partial charge on any atom is -0.376 e. The molecule has 3 aliphatic rings. The maximum Gasteiger partial charge on any atom is 0.270 e. The Balaban J connectivity index is 1.78. The highest BCUT2D eigenvalue weighted by Crippen LogP contribution is 2.36. The fraction of sp³-hybridized carbons (Fsp3) is 0.600. The van der Waals surface area contributed by atoms with Crippen molar-refractivity contribution in [2.45, 2.75) is 52.7 Å². The molecule has 0 aromatic carbocycles. The second-order valence-electron chi connectivity index (χ2n) is 9.15. The highest BCUT2D eigenvalue weighted by atomic mass is 32.2. The number of carbonyl (C=O) groups excluding carboxylic acids is 1. The van der Waals surface area contributed by atoms with Gasteiger partial charge in [-0.25, -0.2) is 0 Å². The van der Waals surface area contributed by atoms with Crippen molar-refractivity contribution in [2.75, 3.05) is 50.8 Å². The topological polar surface area (TPSA) is 81.8 Å². The maximum atomic E-state index is 13.4. The fourth-order valence-corrected chi connectivity index (χ4v) is 6.23. The molecule has 0 bridgehead atoms. The second-order valence-corrected chi connectivity index (χ2v) is 10.8. The molecule has 4 rings (SSSR count). The number of nitrogens with zero attached hydrogens (tertiary/aromatic N) is 5. The van der Waals surface area contributed by atoms with Gasteiger partial charge in [0.15, 0.2) is 0 Å². The van der Waals surface area contributed by atoms with Gasteiger partial charge in [-0.1, -0.05) is 37.8 Å². The predicted molar refractivity (Wildman–Crippen MR) is 144 cm³/mol. The molecule has 1 aromatic rings. The summed E-state index contributed by atoms with van der Waals surface area (Å²) in [6.45, 7) is 12.0. The molecule has 0 spiro atoms. The number of rotatable bonds is 7. The molecule has 4 heterocycles. The lowest BCUT2D eigenvalue weighted by Crippen LogP contribution is -2.48. The molecule has 0 radical (unpaired) electrons. The van der Waals surface area contributed by atoms with Gasteiger partial charge in [0.1, 0.15) is 21.8 Å². The van der Waals surface area contributed by atoms with E-state index in [-0.39, 0.29) is 23.1 Å². The van der Waals surface area contributed by atoms with Crippen LogP contribution in [0.2, 0.25) is 0 Å². The second kappa shape index (κ2) is 11.2. The number of amides is 1. The first-order chi connectivity index (χ1) is 16.9. The van der Waals surface area contributed by atoms with Crippen LogP contribution in [-0.2, 0) is 16.1 Å². The van der Waals surface area contributed by atoms with Crippen molar-refractivity contribution >= 4 is 46.1 Å². The Kier molecular flexibility index (Phi) is 8.32. The van der Waals surface area contributed by atoms with Gasteiger partial charge in [-0.2, -0.15) is 5.26 Å². The first-order valence-corrected chi connectivity index (χ1v) is 13.6. The Morgan fingerprint density at radius 3 is 2.57 bits per heavy atom. The van der Waals surface area contributed by atoms with E-state index in [1.807, 2.05) is 13.0 Å². The summed E-state index contributed by atoms with van der Waals surface area (Å²) in [5.74, 6) is 0.664. The Labute approximate surface area is 216 Å². The van der Waals surface area contributed by atoms with E-state index in [0.29, 0.717) is 27.9 Å². The Bertz CT molecular complexity index is 1130. The quantitative estimate of drug-likeness (QED) is 0.405. The lowest BCUT2D eigenvalue weighted by Gasteiger charge is -2.37. The molecule has 0 N–H and O–H groups in total. The molecule has 1 aromatic heterocycles. The van der Waals surface area contributed by atoms with Crippen molar-refractivity contribution in [3.05, 3.63) is 31.9 Å². The van der Waals surface area contributed by atoms with Gasteiger partial charge in [-0.3, -0.25) is 19.1 Å². The average molecular weight is 516 g/mol. The first kappa shape index (κ1) is 25.9. The molecule has 10 heteroatoms. The third-order valence-corrected chi connectivity index (χ3v) is 8.35. The largest absolute Gasteiger partial charge is 0.376 e. The molecule has 8 nitrogen and oxygen atoms in total. The van der Waals surface area contributed by atoms with E-state index in [4.69, 9.17) is 17.0 Å². The zero-order valence-corrected chi connectivity index (χ0v) is 22.3. The van der Waals surface area contributed by atoms with E-state index >= 15 is 0 Å². The molecule has 35 heavy (non-hydrogen) atoms. The summed E-state index contributed by atoms with van der Waals surface area (Å²) < 4.78 is 7.97. The number of hydrogen-bond donors (Lipinski definition) is 0. The summed E-state index contributed by atoms with van der Waals surface area (Å²) in [7, 11) is 0. The zero-order chi connectivity index (χ0) is 25.1. The molecule has 3 saturated heterocycles. The zero-order valence-electron chi connectivity index (χ0n) is 20.7. The third-order valence-electron chi connectivity index (χ3n) is 6.97. The average Bonchev–Trinajstić information content (AvgIpc) is 3.47. The van der Waals surface area contributed by atoms with Crippen LogP contribution in [0, 0.1) is 18.3 Å². The first-order valence-electron chi connectivity index (χ1n) is 12.4. The minimum atomic E-state index is -0.261. The lowest BCUT2D eigenvalue weighted by atomic mass is 10.0. The van der Waals surface area contributed by atoms with E-state index in [1.54, 1.807) is 16.4 Å². The molecule has 1 atom stereocenters. The lowest BCUT2D eigenvalue weighted by molar-refractivity contribution is -0.123. The van der Waals surface area contributed by atoms with Crippen LogP contribution >= 0.6 is 24.0 Å². The number of aromatic nitrogens is 1. The van der Waals surface area contributed by atoms with Crippen LogP contribution in [-0.4, -0.2) is 76.6 Å². The summed E-state index contributed by atoms with van der Waals surface area (Å²) in [6.07, 6.45) is 4.55. The monoisotopic (exact) mass is 515 g/mol. The van der Waals surface area contributed by atoms with Gasteiger partial charge >= 0.3 is 0 Å². The van der Waals surface area contributed by atoms with Crippen LogP contribution in [0.3, 0.4) is 0 Å². The summed E-state index contributed by atoms with van der Waals surface area (Å²) in [5, 5.41) is 9.82. The predicted octanol–water partition coefficient (Wildman–Crippen LogP) is 2.96. The van der Waals surface area contributed by atoms with E-state index in [1.165, 1.54) is 11.8 Å². The summed E-state index contributed by atoms with van der Waals surface area (Å²) >= 11 is 6.83. The van der Waals surface area contributed by atoms with Crippen molar-refractivity contribution < 1.29 is 9.53 Å². The van der Waals surface area contributed by atoms with Crippen LogP contribution in [0.15, 0.2) is 9.70 Å². The van der Waals surface area contributed by atoms with Crippen molar-refractivity contribution in [1.82, 2.24) is 14.4 Å². The van der Waals surface area contributed by atoms with Crippen molar-refractivity contribution in [3.8, 4) is 6.07 Å². The van der Waals surface area contributed by atoms with Crippen molar-refractivity contribution in [2.24, 2.45) is 0 Å². The number of likely N-dealkylation sites (N-methyl/N-ethyl adjacent to an activating group) is 1. The van der Waals surface area contributed by atoms with Crippen LogP contribution < -0.4 is 10.5 Å². The maximum absolute atomic E-state index is 13.4. The molecular formula is C25H33N5O3S2. The van der Waals surface area contributed by atoms with Gasteiger partial charge in [-0.05, 0) is 44.4 Å². The molecule has 0 saturated carbocycles. The molecule has 1 amide bonds. The van der Waals surface area contributed by atoms with E-state index in [9.17, 15) is 14.9 Å². The molecular weight excluding hydrogens is 482 g/mol. The Hall–Kier alpha value is -2.19. The van der Waals surface area contributed by atoms with Gasteiger partial charge in [0.2, 0.25) is 0 Å². The smallest absolute Gasteiger partial charge is 0.270 e. The van der Waals surface area contributed by atoms with Crippen molar-refractivity contribution in [3.63, 3.8) is 0 Å². The van der Waals surface area contributed by atoms with Crippen molar-refractivity contribution in [1.29, 1.82) is 5.26 Å². The van der Waals surface area contributed by atoms with Crippen LogP contribution in [0.25, 0.3) is 6.08 Å². The van der Waals surface area contributed by atoms with Gasteiger partial charge in [0.05, 0.1) is 17.6 Å². The fourth-order valence-electron chi connectivity index (χ4n) is 4.97. The van der Waals surface area contributed by atoms with Crippen LogP contribution in [0.1, 0.15) is 49.8 Å². The number of anilines is 1. The number of carbonyl (C=O) groups is 1. The normalized spacial score (nSPS) is 22.5. The summed E-state index contributed by atoms with van der Waals surface area (Å²) in [5.41, 5.74) is 1.25. The SMILES string of the molecule is CCCn1c(N2CCN(CC)CC2)c(/C=C2\SC(=S)N(CC3CCCO3)C2=O)c(C)c(C#N)c1=O. The molecule has 1 unspecified atom stereocenters. The van der Waals surface area contributed by atoms with Gasteiger partial charge in [0.25, 0.3) is 11.5 Å². The number of hydrogen-bond acceptors (Lipinski definition) is 8. The van der Waals surface area contributed by atoms with Crippen LogP contribution in [0.4, 0.5) is 5.82 Å². The Morgan fingerprint density at radius 2 is 1.97 bits per heavy atom. The molecule has 3 fully saturated rings. The molecule has 0 aliphatic carbocycles. The number of thioether (sulfide) groups is 1. The van der Waals surface area contributed by atoms with Gasteiger partial charge < -0.3 is 14.5 Å². The van der Waals surface area contributed by atoms with Gasteiger partial charge in [-0.15, -0.1) is 0 Å². The molecule has 3 aliphatic heterocycles. The highest BCUT2D eigenvalue weighted by Gasteiger charge is 2.35. The summed E-state index contributed by atoms with van der Waals surface area (Å²) in [6, 6.07) is 2.12. The van der Waals surface area contributed by atoms with E-state index < -0.39 is 0 Å². The number of ether oxygens (including phenoxy) is 1. The standard InChI is InChI=1S/C25H33N5O3S2/c1-4-8-29-22(28-11-9-27(5-2)10-12-28)19(17(3)20(15-26)23(29)31)14-21-24(32)30(25(34)35-21)16-18-7-6-13-33-18/h14,18H,4-13,16H2,1-3H3/b21-14-. The summed E-state index contributed by atoms with van der Waals surface area (Å²) in [4.78, 5) is 33.4. The Morgan fingerprint density at radius 1 is 1.23 bits per heavy atom. The van der Waals surface area contributed by atoms with Crippen LogP contribution in [0.5, 0.6) is 0 Å². The number of thiocarbonyl (C=S) groups is 1. The number of pyridine rings is 1. The highest BCUT2D eigenvalue weighted by molar-refractivity contribution is 8.26. The van der Waals surface area contributed by atoms with E-state index in [2.05, 4.69) is 22.8 Å².